The zero-order valence-electron chi connectivity index (χ0n) is 13.7. The largest absolute Gasteiger partial charge is 0.370 e. The number of nitrogens with one attached hydrogen (secondary N) is 1. The van der Waals surface area contributed by atoms with Gasteiger partial charge in [-0.05, 0) is 31.7 Å². The highest BCUT2D eigenvalue weighted by molar-refractivity contribution is 14.0. The summed E-state index contributed by atoms with van der Waals surface area (Å²) in [6.45, 7) is 4.23. The summed E-state index contributed by atoms with van der Waals surface area (Å²) in [6.07, 6.45) is 4.29. The summed E-state index contributed by atoms with van der Waals surface area (Å²) >= 11 is 0. The van der Waals surface area contributed by atoms with Gasteiger partial charge in [0.15, 0.2) is 5.96 Å². The molecule has 1 aromatic heterocycles. The van der Waals surface area contributed by atoms with Gasteiger partial charge in [0.2, 0.25) is 5.91 Å². The molecule has 0 saturated carbocycles. The van der Waals surface area contributed by atoms with E-state index in [0.29, 0.717) is 18.9 Å². The third kappa shape index (κ3) is 6.28. The number of nitrogens with two attached hydrogens (primary N) is 1. The van der Waals surface area contributed by atoms with Crippen molar-refractivity contribution in [3.05, 3.63) is 23.8 Å². The number of piperidine rings is 1. The number of hydrogen-bond acceptors (Lipinski definition) is 4. The van der Waals surface area contributed by atoms with Crippen LogP contribution in [0.5, 0.6) is 0 Å². The molecular formula is C15H25IN6O. The summed E-state index contributed by atoms with van der Waals surface area (Å²) in [5.74, 6) is 1.68. The first-order chi connectivity index (χ1) is 10.6. The number of nitrogens with zero attached hydrogens (tertiary/aromatic N) is 4. The average molecular weight is 432 g/mol. The van der Waals surface area contributed by atoms with Crippen LogP contribution in [0.2, 0.25) is 0 Å². The molecule has 8 heteroatoms. The van der Waals surface area contributed by atoms with Crippen LogP contribution >= 0.6 is 24.0 Å². The first-order valence-corrected chi connectivity index (χ1v) is 7.61. The normalized spacial score (nSPS) is 18.3. The van der Waals surface area contributed by atoms with Gasteiger partial charge in [-0.25, -0.2) is 9.97 Å². The monoisotopic (exact) mass is 432 g/mol. The summed E-state index contributed by atoms with van der Waals surface area (Å²) in [4.78, 5) is 26.1. The molecule has 1 aliphatic heterocycles. The Labute approximate surface area is 154 Å². The van der Waals surface area contributed by atoms with E-state index in [9.17, 15) is 4.79 Å². The third-order valence-electron chi connectivity index (χ3n) is 3.78. The zero-order valence-corrected chi connectivity index (χ0v) is 16.0. The second kappa shape index (κ2) is 9.64. The fraction of sp³-hybridized carbons (Fsp3) is 0.600. The van der Waals surface area contributed by atoms with Crippen LogP contribution in [0.4, 0.5) is 0 Å². The number of aromatic nitrogens is 2. The Bertz CT molecular complexity index is 551. The van der Waals surface area contributed by atoms with Crippen molar-refractivity contribution in [2.75, 3.05) is 20.1 Å². The molecule has 2 rings (SSSR count). The number of primary amides is 1. The number of aryl methyl sites for hydroxylation is 1. The van der Waals surface area contributed by atoms with Gasteiger partial charge in [0.05, 0.1) is 12.2 Å². The van der Waals surface area contributed by atoms with Crippen molar-refractivity contribution >= 4 is 35.8 Å². The molecule has 0 aromatic carbocycles. The zero-order chi connectivity index (χ0) is 15.9. The first kappa shape index (κ1) is 19.6. The number of aliphatic imine (C=N–C) groups is 1. The van der Waals surface area contributed by atoms with Crippen molar-refractivity contribution < 1.29 is 4.79 Å². The van der Waals surface area contributed by atoms with E-state index in [1.807, 2.05) is 13.0 Å². The van der Waals surface area contributed by atoms with Gasteiger partial charge in [-0.3, -0.25) is 9.79 Å². The van der Waals surface area contributed by atoms with Gasteiger partial charge in [-0.2, -0.15) is 0 Å². The maximum absolute atomic E-state index is 11.1. The number of hydrogen-bond donors (Lipinski definition) is 2. The van der Waals surface area contributed by atoms with Crippen LogP contribution < -0.4 is 11.1 Å². The summed E-state index contributed by atoms with van der Waals surface area (Å²) < 4.78 is 0. The van der Waals surface area contributed by atoms with Crippen LogP contribution in [0.3, 0.4) is 0 Å². The highest BCUT2D eigenvalue weighted by atomic mass is 127. The Balaban J connectivity index is 0.00000264. The van der Waals surface area contributed by atoms with E-state index < -0.39 is 0 Å². The summed E-state index contributed by atoms with van der Waals surface area (Å²) in [7, 11) is 1.77. The molecule has 3 N–H and O–H groups in total. The Morgan fingerprint density at radius 1 is 1.57 bits per heavy atom. The van der Waals surface area contributed by atoms with E-state index in [4.69, 9.17) is 5.73 Å². The Morgan fingerprint density at radius 3 is 3.00 bits per heavy atom. The van der Waals surface area contributed by atoms with Gasteiger partial charge in [-0.1, -0.05) is 0 Å². The van der Waals surface area contributed by atoms with Gasteiger partial charge in [0.1, 0.15) is 5.82 Å². The van der Waals surface area contributed by atoms with Crippen LogP contribution in [0.15, 0.2) is 17.3 Å². The van der Waals surface area contributed by atoms with Crippen molar-refractivity contribution in [2.24, 2.45) is 16.6 Å². The predicted octanol–water partition coefficient (Wildman–Crippen LogP) is 1.07. The fourth-order valence-corrected chi connectivity index (χ4v) is 2.81. The molecule has 1 unspecified atom stereocenters. The van der Waals surface area contributed by atoms with Gasteiger partial charge in [0, 0.05) is 32.8 Å². The minimum atomic E-state index is -0.230. The average Bonchev–Trinajstić information content (AvgIpc) is 2.48. The van der Waals surface area contributed by atoms with E-state index in [0.717, 1.165) is 43.4 Å². The fourth-order valence-electron chi connectivity index (χ4n) is 2.81. The number of carbonyl (C=O) groups is 1. The maximum Gasteiger partial charge on any atom is 0.217 e. The number of guanidine groups is 1. The molecule has 1 aromatic rings. The molecule has 1 aliphatic rings. The molecular weight excluding hydrogens is 407 g/mol. The van der Waals surface area contributed by atoms with Gasteiger partial charge in [0.25, 0.3) is 0 Å². The molecule has 1 saturated heterocycles. The van der Waals surface area contributed by atoms with Crippen LogP contribution in [-0.2, 0) is 11.3 Å². The summed E-state index contributed by atoms with van der Waals surface area (Å²) in [5.41, 5.74) is 6.24. The number of likely N-dealkylation sites (tertiary alicyclic amines) is 1. The van der Waals surface area contributed by atoms with Crippen molar-refractivity contribution in [3.8, 4) is 0 Å². The van der Waals surface area contributed by atoms with Gasteiger partial charge in [-0.15, -0.1) is 24.0 Å². The molecule has 1 amide bonds. The molecule has 1 atom stereocenters. The standard InChI is InChI=1S/C15H24N6O.HI/c1-11-18-6-5-13(20-11)9-19-15(17-2)21-7-3-4-12(10-21)8-14(16)22;/h5-6,12H,3-4,7-10H2,1-2H3,(H2,16,22)(H,17,19);1H. The van der Waals surface area contributed by atoms with Gasteiger partial charge >= 0.3 is 0 Å². The van der Waals surface area contributed by atoms with Crippen LogP contribution in [0, 0.1) is 12.8 Å². The third-order valence-corrected chi connectivity index (χ3v) is 3.78. The molecule has 0 aliphatic carbocycles. The maximum atomic E-state index is 11.1. The number of carbonyl (C=O) groups excluding carboxylic acids is 1. The minimum Gasteiger partial charge on any atom is -0.370 e. The number of rotatable bonds is 4. The Morgan fingerprint density at radius 2 is 2.35 bits per heavy atom. The quantitative estimate of drug-likeness (QED) is 0.422. The van der Waals surface area contributed by atoms with E-state index in [1.165, 1.54) is 0 Å². The van der Waals surface area contributed by atoms with E-state index >= 15 is 0 Å². The molecule has 23 heavy (non-hydrogen) atoms. The lowest BCUT2D eigenvalue weighted by Crippen LogP contribution is -2.47. The van der Waals surface area contributed by atoms with Crippen LogP contribution in [0.25, 0.3) is 0 Å². The highest BCUT2D eigenvalue weighted by Gasteiger charge is 2.23. The van der Waals surface area contributed by atoms with E-state index in [2.05, 4.69) is 25.2 Å². The topological polar surface area (TPSA) is 96.5 Å². The highest BCUT2D eigenvalue weighted by Crippen LogP contribution is 2.19. The molecule has 128 valence electrons. The van der Waals surface area contributed by atoms with Crippen molar-refractivity contribution in [3.63, 3.8) is 0 Å². The molecule has 1 fully saturated rings. The predicted molar refractivity (Wildman–Crippen MR) is 100 cm³/mol. The van der Waals surface area contributed by atoms with Crippen molar-refractivity contribution in [1.29, 1.82) is 0 Å². The van der Waals surface area contributed by atoms with E-state index in [1.54, 1.807) is 13.2 Å². The minimum absolute atomic E-state index is 0. The van der Waals surface area contributed by atoms with Crippen LogP contribution in [0.1, 0.15) is 30.8 Å². The molecule has 0 radical (unpaired) electrons. The van der Waals surface area contributed by atoms with E-state index in [-0.39, 0.29) is 29.9 Å². The number of halogens is 1. The molecule has 2 heterocycles. The molecule has 7 nitrogen and oxygen atoms in total. The Hall–Kier alpha value is -1.45. The lowest BCUT2D eigenvalue weighted by molar-refractivity contribution is -0.119. The Kier molecular flexibility index (Phi) is 8.21. The molecule has 0 bridgehead atoms. The second-order valence-corrected chi connectivity index (χ2v) is 5.62. The van der Waals surface area contributed by atoms with Crippen LogP contribution in [-0.4, -0.2) is 46.9 Å². The number of amides is 1. The lowest BCUT2D eigenvalue weighted by atomic mass is 9.95. The second-order valence-electron chi connectivity index (χ2n) is 5.62. The summed E-state index contributed by atoms with van der Waals surface area (Å²) in [5, 5.41) is 3.33. The summed E-state index contributed by atoms with van der Waals surface area (Å²) in [6, 6.07) is 1.89. The van der Waals surface area contributed by atoms with Crippen molar-refractivity contribution in [2.45, 2.75) is 32.7 Å². The first-order valence-electron chi connectivity index (χ1n) is 7.61. The SMILES string of the molecule is CN=C(NCc1ccnc(C)n1)N1CCCC(CC(N)=O)C1.I. The lowest BCUT2D eigenvalue weighted by Gasteiger charge is -2.34. The van der Waals surface area contributed by atoms with Gasteiger partial charge < -0.3 is 16.0 Å². The van der Waals surface area contributed by atoms with Crippen molar-refractivity contribution in [1.82, 2.24) is 20.2 Å². The smallest absolute Gasteiger partial charge is 0.217 e. The molecule has 0 spiro atoms.